The molecule has 0 bridgehead atoms. The van der Waals surface area contributed by atoms with Crippen LogP contribution in [0.2, 0.25) is 0 Å². The minimum absolute atomic E-state index is 0.295. The summed E-state index contributed by atoms with van der Waals surface area (Å²) in [5, 5.41) is 0. The van der Waals surface area contributed by atoms with Gasteiger partial charge in [0.25, 0.3) is 0 Å². The first-order valence-corrected chi connectivity index (χ1v) is 7.20. The number of nitrogens with zero attached hydrogens (tertiary/aromatic N) is 1. The zero-order valence-electron chi connectivity index (χ0n) is 11.0. The van der Waals surface area contributed by atoms with Crippen LogP contribution in [-0.4, -0.2) is 31.1 Å². The summed E-state index contributed by atoms with van der Waals surface area (Å²) >= 11 is 3.60. The van der Waals surface area contributed by atoms with E-state index in [1.165, 1.54) is 12.0 Å². The van der Waals surface area contributed by atoms with E-state index in [2.05, 4.69) is 33.8 Å². The predicted molar refractivity (Wildman–Crippen MR) is 77.7 cm³/mol. The SMILES string of the molecule is COc1ccc(Br)c(CN2CCC(C(C)N)C2)c1. The Balaban J connectivity index is 2.02. The van der Waals surface area contributed by atoms with Gasteiger partial charge in [-0.2, -0.15) is 0 Å². The second-order valence-electron chi connectivity index (χ2n) is 5.10. The Hall–Kier alpha value is -0.580. The van der Waals surface area contributed by atoms with Crippen molar-refractivity contribution in [2.75, 3.05) is 20.2 Å². The van der Waals surface area contributed by atoms with Gasteiger partial charge in [0, 0.05) is 23.6 Å². The highest BCUT2D eigenvalue weighted by atomic mass is 79.9. The molecule has 1 saturated heterocycles. The standard InChI is InChI=1S/C14H21BrN2O/c1-10(16)11-5-6-17(8-11)9-12-7-13(18-2)3-4-14(12)15/h3-4,7,10-11H,5-6,8-9,16H2,1-2H3. The number of rotatable bonds is 4. The molecule has 100 valence electrons. The predicted octanol–water partition coefficient (Wildman–Crippen LogP) is 2.63. The molecule has 1 fully saturated rings. The lowest BCUT2D eigenvalue weighted by Crippen LogP contribution is -2.29. The first kappa shape index (κ1) is 13.8. The number of likely N-dealkylation sites (tertiary alicyclic amines) is 1. The maximum Gasteiger partial charge on any atom is 0.119 e. The van der Waals surface area contributed by atoms with Gasteiger partial charge in [-0.3, -0.25) is 4.90 Å². The Morgan fingerprint density at radius 3 is 2.94 bits per heavy atom. The highest BCUT2D eigenvalue weighted by Gasteiger charge is 2.25. The third-order valence-corrected chi connectivity index (χ3v) is 4.47. The topological polar surface area (TPSA) is 38.5 Å². The van der Waals surface area contributed by atoms with Crippen LogP contribution in [0.5, 0.6) is 5.75 Å². The number of hydrogen-bond acceptors (Lipinski definition) is 3. The molecule has 3 nitrogen and oxygen atoms in total. The summed E-state index contributed by atoms with van der Waals surface area (Å²) in [6.07, 6.45) is 1.21. The molecule has 2 unspecified atom stereocenters. The van der Waals surface area contributed by atoms with Crippen molar-refractivity contribution in [3.05, 3.63) is 28.2 Å². The van der Waals surface area contributed by atoms with Gasteiger partial charge in [-0.05, 0) is 49.6 Å². The fourth-order valence-corrected chi connectivity index (χ4v) is 2.85. The Morgan fingerprint density at radius 2 is 2.33 bits per heavy atom. The van der Waals surface area contributed by atoms with E-state index in [4.69, 9.17) is 10.5 Å². The first-order chi connectivity index (χ1) is 8.60. The molecule has 0 radical (unpaired) electrons. The molecule has 1 aromatic carbocycles. The van der Waals surface area contributed by atoms with Crippen LogP contribution >= 0.6 is 15.9 Å². The van der Waals surface area contributed by atoms with Crippen LogP contribution in [0, 0.1) is 5.92 Å². The molecule has 2 atom stereocenters. The number of nitrogens with two attached hydrogens (primary N) is 1. The van der Waals surface area contributed by atoms with Crippen LogP contribution < -0.4 is 10.5 Å². The molecular formula is C14H21BrN2O. The maximum absolute atomic E-state index is 5.97. The number of methoxy groups -OCH3 is 1. The van der Waals surface area contributed by atoms with E-state index in [0.29, 0.717) is 12.0 Å². The lowest BCUT2D eigenvalue weighted by molar-refractivity contribution is 0.307. The largest absolute Gasteiger partial charge is 0.497 e. The van der Waals surface area contributed by atoms with E-state index in [1.54, 1.807) is 7.11 Å². The lowest BCUT2D eigenvalue weighted by Gasteiger charge is -2.19. The van der Waals surface area contributed by atoms with Crippen LogP contribution in [0.1, 0.15) is 18.9 Å². The van der Waals surface area contributed by atoms with Crippen molar-refractivity contribution in [2.24, 2.45) is 11.7 Å². The first-order valence-electron chi connectivity index (χ1n) is 6.40. The van der Waals surface area contributed by atoms with Crippen molar-refractivity contribution in [3.8, 4) is 5.75 Å². The van der Waals surface area contributed by atoms with Crippen LogP contribution in [0.4, 0.5) is 0 Å². The molecule has 1 heterocycles. The number of halogens is 1. The summed E-state index contributed by atoms with van der Waals surface area (Å²) < 4.78 is 6.42. The van der Waals surface area contributed by atoms with Crippen molar-refractivity contribution in [3.63, 3.8) is 0 Å². The highest BCUT2D eigenvalue weighted by molar-refractivity contribution is 9.10. The quantitative estimate of drug-likeness (QED) is 0.929. The van der Waals surface area contributed by atoms with Crippen molar-refractivity contribution >= 4 is 15.9 Å². The van der Waals surface area contributed by atoms with Crippen LogP contribution in [0.25, 0.3) is 0 Å². The Morgan fingerprint density at radius 1 is 1.56 bits per heavy atom. The average Bonchev–Trinajstić information content (AvgIpc) is 2.81. The third kappa shape index (κ3) is 3.25. The zero-order chi connectivity index (χ0) is 13.1. The van der Waals surface area contributed by atoms with Gasteiger partial charge in [-0.1, -0.05) is 15.9 Å². The minimum Gasteiger partial charge on any atom is -0.497 e. The molecule has 0 saturated carbocycles. The van der Waals surface area contributed by atoms with Crippen molar-refractivity contribution < 1.29 is 4.74 Å². The molecule has 1 aromatic rings. The Kier molecular flexibility index (Phi) is 4.65. The number of hydrogen-bond donors (Lipinski definition) is 1. The summed E-state index contributed by atoms with van der Waals surface area (Å²) in [5.41, 5.74) is 7.25. The van der Waals surface area contributed by atoms with E-state index in [-0.39, 0.29) is 0 Å². The smallest absolute Gasteiger partial charge is 0.119 e. The van der Waals surface area contributed by atoms with Crippen molar-refractivity contribution in [2.45, 2.75) is 25.9 Å². The molecule has 1 aliphatic rings. The van der Waals surface area contributed by atoms with Crippen LogP contribution in [0.3, 0.4) is 0 Å². The second-order valence-corrected chi connectivity index (χ2v) is 5.95. The molecule has 2 N–H and O–H groups in total. The molecule has 0 spiro atoms. The van der Waals surface area contributed by atoms with Gasteiger partial charge in [-0.25, -0.2) is 0 Å². The molecule has 0 amide bonds. The molecule has 0 aromatic heterocycles. The number of benzene rings is 1. The summed E-state index contributed by atoms with van der Waals surface area (Å²) in [7, 11) is 1.70. The summed E-state index contributed by atoms with van der Waals surface area (Å²) in [6.45, 7) is 5.30. The zero-order valence-corrected chi connectivity index (χ0v) is 12.6. The van der Waals surface area contributed by atoms with Crippen LogP contribution in [0.15, 0.2) is 22.7 Å². The second kappa shape index (κ2) is 6.04. The van der Waals surface area contributed by atoms with Gasteiger partial charge >= 0.3 is 0 Å². The van der Waals surface area contributed by atoms with Gasteiger partial charge in [0.2, 0.25) is 0 Å². The fourth-order valence-electron chi connectivity index (χ4n) is 2.48. The Bertz CT molecular complexity index is 409. The van der Waals surface area contributed by atoms with Gasteiger partial charge in [-0.15, -0.1) is 0 Å². The summed E-state index contributed by atoms with van der Waals surface area (Å²) in [4.78, 5) is 2.47. The lowest BCUT2D eigenvalue weighted by atomic mass is 10.0. The van der Waals surface area contributed by atoms with Gasteiger partial charge in [0.1, 0.15) is 5.75 Å². The van der Waals surface area contributed by atoms with Crippen LogP contribution in [-0.2, 0) is 6.54 Å². The third-order valence-electron chi connectivity index (χ3n) is 3.70. The van der Waals surface area contributed by atoms with Gasteiger partial charge in [0.05, 0.1) is 7.11 Å². The molecule has 4 heteroatoms. The normalized spacial score (nSPS) is 22.1. The van der Waals surface area contributed by atoms with E-state index in [1.807, 2.05) is 12.1 Å². The monoisotopic (exact) mass is 312 g/mol. The van der Waals surface area contributed by atoms with E-state index < -0.39 is 0 Å². The molecular weight excluding hydrogens is 292 g/mol. The van der Waals surface area contributed by atoms with E-state index in [0.717, 1.165) is 29.9 Å². The summed E-state index contributed by atoms with van der Waals surface area (Å²) in [6, 6.07) is 6.42. The van der Waals surface area contributed by atoms with E-state index >= 15 is 0 Å². The Labute approximate surface area is 117 Å². The molecule has 1 aliphatic heterocycles. The van der Waals surface area contributed by atoms with Crippen molar-refractivity contribution in [1.29, 1.82) is 0 Å². The summed E-state index contributed by atoms with van der Waals surface area (Å²) in [5.74, 6) is 1.55. The average molecular weight is 313 g/mol. The minimum atomic E-state index is 0.295. The van der Waals surface area contributed by atoms with E-state index in [9.17, 15) is 0 Å². The molecule has 2 rings (SSSR count). The maximum atomic E-state index is 5.97. The molecule has 0 aliphatic carbocycles. The highest BCUT2D eigenvalue weighted by Crippen LogP contribution is 2.26. The number of ether oxygens (including phenoxy) is 1. The fraction of sp³-hybridized carbons (Fsp3) is 0.571. The van der Waals surface area contributed by atoms with Crippen molar-refractivity contribution in [1.82, 2.24) is 4.90 Å². The van der Waals surface area contributed by atoms with Gasteiger partial charge in [0.15, 0.2) is 0 Å². The molecule has 18 heavy (non-hydrogen) atoms. The van der Waals surface area contributed by atoms with Gasteiger partial charge < -0.3 is 10.5 Å².